The molecule has 0 aromatic heterocycles. The quantitative estimate of drug-likeness (QED) is 0.614. The highest BCUT2D eigenvalue weighted by Crippen LogP contribution is 2.43. The molecule has 1 amide bonds. The van der Waals surface area contributed by atoms with E-state index in [2.05, 4.69) is 39.2 Å². The molecule has 2 fully saturated rings. The lowest BCUT2D eigenvalue weighted by atomic mass is 9.64. The van der Waals surface area contributed by atoms with Gasteiger partial charge in [0.2, 0.25) is 15.9 Å². The SMILES string of the molecule is O=C(CN1CCC(NS(=O)(=O)c2ccc(Cl)cc2)CC1)NCC1(c2ccccc2)CCC1. The molecule has 1 heterocycles. The molecule has 2 N–H and O–H groups in total. The summed E-state index contributed by atoms with van der Waals surface area (Å²) in [7, 11) is -3.57. The molecule has 2 aromatic carbocycles. The predicted molar refractivity (Wildman–Crippen MR) is 126 cm³/mol. The molecular formula is C24H30ClN3O3S. The van der Waals surface area contributed by atoms with Crippen LogP contribution in [0.2, 0.25) is 5.02 Å². The van der Waals surface area contributed by atoms with Gasteiger partial charge in [-0.2, -0.15) is 0 Å². The van der Waals surface area contributed by atoms with Gasteiger partial charge in [-0.15, -0.1) is 0 Å². The minimum absolute atomic E-state index is 0.0346. The number of hydrogen-bond acceptors (Lipinski definition) is 4. The molecule has 172 valence electrons. The number of nitrogens with one attached hydrogen (secondary N) is 2. The van der Waals surface area contributed by atoms with E-state index in [4.69, 9.17) is 11.6 Å². The molecule has 2 aliphatic rings. The highest BCUT2D eigenvalue weighted by Gasteiger charge is 2.38. The molecule has 0 spiro atoms. The molecule has 6 nitrogen and oxygen atoms in total. The van der Waals surface area contributed by atoms with Crippen LogP contribution in [-0.2, 0) is 20.2 Å². The Kier molecular flexibility index (Phi) is 7.20. The Morgan fingerprint density at radius 2 is 1.69 bits per heavy atom. The number of amides is 1. The smallest absolute Gasteiger partial charge is 0.240 e. The van der Waals surface area contributed by atoms with Crippen LogP contribution < -0.4 is 10.0 Å². The average Bonchev–Trinajstić information content (AvgIpc) is 2.75. The zero-order valence-electron chi connectivity index (χ0n) is 18.1. The molecular weight excluding hydrogens is 446 g/mol. The van der Waals surface area contributed by atoms with E-state index in [-0.39, 0.29) is 22.3 Å². The molecule has 1 aliphatic carbocycles. The molecule has 1 aliphatic heterocycles. The number of carbonyl (C=O) groups is 1. The fourth-order valence-electron chi connectivity index (χ4n) is 4.60. The van der Waals surface area contributed by atoms with E-state index in [0.717, 1.165) is 12.8 Å². The summed E-state index contributed by atoms with van der Waals surface area (Å²) in [5, 5.41) is 3.65. The van der Waals surface area contributed by atoms with Gasteiger partial charge in [-0.25, -0.2) is 13.1 Å². The Labute approximate surface area is 195 Å². The molecule has 0 unspecified atom stereocenters. The van der Waals surface area contributed by atoms with Crippen LogP contribution >= 0.6 is 11.6 Å². The van der Waals surface area contributed by atoms with E-state index in [1.165, 1.54) is 24.1 Å². The first kappa shape index (κ1) is 23.2. The van der Waals surface area contributed by atoms with Gasteiger partial charge in [-0.1, -0.05) is 48.4 Å². The van der Waals surface area contributed by atoms with Crippen molar-refractivity contribution in [2.75, 3.05) is 26.2 Å². The van der Waals surface area contributed by atoms with Gasteiger partial charge in [0.05, 0.1) is 11.4 Å². The number of likely N-dealkylation sites (tertiary alicyclic amines) is 1. The van der Waals surface area contributed by atoms with Crippen LogP contribution in [0.15, 0.2) is 59.5 Å². The van der Waals surface area contributed by atoms with Crippen LogP contribution in [-0.4, -0.2) is 51.4 Å². The number of nitrogens with zero attached hydrogens (tertiary/aromatic N) is 1. The van der Waals surface area contributed by atoms with Gasteiger partial charge >= 0.3 is 0 Å². The summed E-state index contributed by atoms with van der Waals surface area (Å²) in [4.78, 5) is 14.9. The Hall–Kier alpha value is -1.93. The van der Waals surface area contributed by atoms with Gasteiger partial charge in [0.25, 0.3) is 0 Å². The summed E-state index contributed by atoms with van der Waals surface area (Å²) >= 11 is 5.85. The Morgan fingerprint density at radius 3 is 2.28 bits per heavy atom. The van der Waals surface area contributed by atoms with Crippen molar-refractivity contribution in [3.8, 4) is 0 Å². The predicted octanol–water partition coefficient (Wildman–Crippen LogP) is 3.32. The Bertz CT molecular complexity index is 1020. The lowest BCUT2D eigenvalue weighted by molar-refractivity contribution is -0.123. The molecule has 4 rings (SSSR count). The second kappa shape index (κ2) is 9.91. The van der Waals surface area contributed by atoms with Crippen molar-refractivity contribution in [1.82, 2.24) is 14.9 Å². The second-order valence-corrected chi connectivity index (χ2v) is 11.1. The maximum Gasteiger partial charge on any atom is 0.240 e. The Balaban J connectivity index is 1.23. The topological polar surface area (TPSA) is 78.5 Å². The van der Waals surface area contributed by atoms with Gasteiger partial charge in [-0.3, -0.25) is 9.69 Å². The Morgan fingerprint density at radius 1 is 1.03 bits per heavy atom. The summed E-state index contributed by atoms with van der Waals surface area (Å²) in [6.45, 7) is 2.39. The third-order valence-electron chi connectivity index (χ3n) is 6.72. The van der Waals surface area contributed by atoms with Gasteiger partial charge in [0.1, 0.15) is 0 Å². The summed E-state index contributed by atoms with van der Waals surface area (Å²) in [5.74, 6) is 0.0346. The van der Waals surface area contributed by atoms with E-state index in [0.29, 0.717) is 44.0 Å². The fraction of sp³-hybridized carbons (Fsp3) is 0.458. The normalized spacial score (nSPS) is 19.3. The third-order valence-corrected chi connectivity index (χ3v) is 8.51. The van der Waals surface area contributed by atoms with Crippen LogP contribution in [0.4, 0.5) is 0 Å². The standard InChI is InChI=1S/C24H30ClN3O3S/c25-20-7-9-22(10-8-20)32(30,31)27-21-11-15-28(16-12-21)17-23(29)26-18-24(13-4-14-24)19-5-2-1-3-6-19/h1-3,5-10,21,27H,4,11-18H2,(H,26,29). The van der Waals surface area contributed by atoms with E-state index in [9.17, 15) is 13.2 Å². The van der Waals surface area contributed by atoms with Crippen LogP contribution in [0, 0.1) is 0 Å². The molecule has 0 atom stereocenters. The monoisotopic (exact) mass is 475 g/mol. The van der Waals surface area contributed by atoms with E-state index >= 15 is 0 Å². The first-order valence-corrected chi connectivity index (χ1v) is 13.0. The second-order valence-electron chi connectivity index (χ2n) is 8.90. The van der Waals surface area contributed by atoms with Crippen molar-refractivity contribution >= 4 is 27.5 Å². The van der Waals surface area contributed by atoms with Gasteiger partial charge in [0, 0.05) is 36.1 Å². The summed E-state index contributed by atoms with van der Waals surface area (Å²) < 4.78 is 27.9. The van der Waals surface area contributed by atoms with Crippen molar-refractivity contribution < 1.29 is 13.2 Å². The van der Waals surface area contributed by atoms with Crippen LogP contribution in [0.1, 0.15) is 37.7 Å². The first-order valence-electron chi connectivity index (χ1n) is 11.2. The fourth-order valence-corrected chi connectivity index (χ4v) is 6.03. The lowest BCUT2D eigenvalue weighted by Crippen LogP contribution is -2.50. The number of rotatable bonds is 8. The van der Waals surface area contributed by atoms with Crippen LogP contribution in [0.5, 0.6) is 0 Å². The van der Waals surface area contributed by atoms with E-state index in [1.807, 2.05) is 6.07 Å². The number of carbonyl (C=O) groups excluding carboxylic acids is 1. The molecule has 1 saturated carbocycles. The zero-order valence-corrected chi connectivity index (χ0v) is 19.7. The number of sulfonamides is 1. The van der Waals surface area contributed by atoms with Crippen LogP contribution in [0.25, 0.3) is 0 Å². The summed E-state index contributed by atoms with van der Waals surface area (Å²) in [6.07, 6.45) is 4.76. The highest BCUT2D eigenvalue weighted by atomic mass is 35.5. The minimum Gasteiger partial charge on any atom is -0.354 e. The minimum atomic E-state index is -3.57. The third kappa shape index (κ3) is 5.52. The van der Waals surface area contributed by atoms with Crippen molar-refractivity contribution in [3.05, 3.63) is 65.2 Å². The molecule has 32 heavy (non-hydrogen) atoms. The number of piperidine rings is 1. The summed E-state index contributed by atoms with van der Waals surface area (Å²) in [6, 6.07) is 16.5. The van der Waals surface area contributed by atoms with E-state index in [1.54, 1.807) is 12.1 Å². The van der Waals surface area contributed by atoms with Crippen LogP contribution in [0.3, 0.4) is 0 Å². The largest absolute Gasteiger partial charge is 0.354 e. The summed E-state index contributed by atoms with van der Waals surface area (Å²) in [5.41, 5.74) is 1.38. The molecule has 2 aromatic rings. The van der Waals surface area contributed by atoms with Crippen molar-refractivity contribution in [1.29, 1.82) is 0 Å². The molecule has 0 radical (unpaired) electrons. The average molecular weight is 476 g/mol. The zero-order chi connectivity index (χ0) is 22.6. The van der Waals surface area contributed by atoms with Gasteiger partial charge < -0.3 is 5.32 Å². The van der Waals surface area contributed by atoms with Gasteiger partial charge in [0.15, 0.2) is 0 Å². The first-order chi connectivity index (χ1) is 15.4. The van der Waals surface area contributed by atoms with Gasteiger partial charge in [-0.05, 0) is 55.5 Å². The van der Waals surface area contributed by atoms with Crippen molar-refractivity contribution in [2.24, 2.45) is 0 Å². The molecule has 0 bridgehead atoms. The maximum atomic E-state index is 12.6. The lowest BCUT2D eigenvalue weighted by Gasteiger charge is -2.42. The van der Waals surface area contributed by atoms with Crippen molar-refractivity contribution in [3.63, 3.8) is 0 Å². The van der Waals surface area contributed by atoms with E-state index < -0.39 is 10.0 Å². The maximum absolute atomic E-state index is 12.6. The number of benzene rings is 2. The highest BCUT2D eigenvalue weighted by molar-refractivity contribution is 7.89. The molecule has 1 saturated heterocycles. The number of halogens is 1. The molecule has 8 heteroatoms. The van der Waals surface area contributed by atoms with Crippen molar-refractivity contribution in [2.45, 2.75) is 48.5 Å². The number of hydrogen-bond donors (Lipinski definition) is 2.